The number of nitrogens with zero attached hydrogens (tertiary/aromatic N) is 6. The van der Waals surface area contributed by atoms with E-state index < -0.39 is 128 Å². The molecule has 6 nitrogen and oxygen atoms in total. The standard InChI is InChI=1S/2C45H27N3Se/c1-3-12-29(13-4-1)43-46-44(30-14-5-2-6-15-30)48-45(47-43)39-19-10-20-40-41(39)38-18-9-17-35(42(38)49-40)32-22-24-34-31(27-32)23-26-36-33-16-8-7-11-28(33)21-25-37(34)36;1-3-12-29(13-4-1)43-46-44(30-14-5-2-6-15-30)48-45(47-43)40-20-10-19-39-38-18-9-17-35(41(38)49-42(39)40)32-22-24-34-31(27-32)23-26-36-33-16-8-7-11-28(33)21-25-37(34)36/h2*1-27H/i;1D,2D,3D,4D,5D,6D,9D,10D,12D,13D,14D,15D,17D,18D,19D,20D. The summed E-state index contributed by atoms with van der Waals surface area (Å²) < 4.78 is 143. The Kier molecular flexibility index (Phi) is 10.6. The van der Waals surface area contributed by atoms with Crippen molar-refractivity contribution < 1.29 is 21.9 Å². The van der Waals surface area contributed by atoms with E-state index in [1.165, 1.54) is 62.7 Å². The molecule has 0 unspecified atom stereocenters. The van der Waals surface area contributed by atoms with Crippen LogP contribution in [0.3, 0.4) is 0 Å². The van der Waals surface area contributed by atoms with Crippen molar-refractivity contribution in [3.63, 3.8) is 0 Å². The summed E-state index contributed by atoms with van der Waals surface area (Å²) in [6, 6.07) is 70.4. The van der Waals surface area contributed by atoms with E-state index in [-0.39, 0.29) is 47.2 Å². The first-order valence-electron chi connectivity index (χ1n) is 39.6. The van der Waals surface area contributed by atoms with Crippen molar-refractivity contribution in [3.8, 4) is 90.6 Å². The van der Waals surface area contributed by atoms with Gasteiger partial charge in [0.05, 0.1) is 0 Å². The van der Waals surface area contributed by atoms with Gasteiger partial charge in [0.1, 0.15) is 0 Å². The molecule has 4 heterocycles. The van der Waals surface area contributed by atoms with E-state index >= 15 is 0 Å². The summed E-state index contributed by atoms with van der Waals surface area (Å²) in [5.74, 6) is 0.485. The van der Waals surface area contributed by atoms with Gasteiger partial charge in [0.2, 0.25) is 0 Å². The number of hydrogen-bond donors (Lipinski definition) is 0. The molecular formula is C90H54N6Se2. The Labute approximate surface area is 598 Å². The topological polar surface area (TPSA) is 77.3 Å². The third-order valence-corrected chi connectivity index (χ3v) is 23.1. The average molecular weight is 1390 g/mol. The maximum absolute atomic E-state index is 9.29. The number of fused-ring (bicyclic) bond motifs is 16. The maximum atomic E-state index is 9.29. The van der Waals surface area contributed by atoms with Crippen molar-refractivity contribution in [1.82, 2.24) is 29.9 Å². The van der Waals surface area contributed by atoms with Gasteiger partial charge in [-0.3, -0.25) is 0 Å². The third-order valence-electron chi connectivity index (χ3n) is 18.0. The molecule has 0 aliphatic rings. The van der Waals surface area contributed by atoms with E-state index in [1.54, 1.807) is 0 Å². The van der Waals surface area contributed by atoms with Crippen LogP contribution >= 0.6 is 0 Å². The van der Waals surface area contributed by atoms with E-state index in [4.69, 9.17) is 31.4 Å². The molecule has 0 aliphatic carbocycles. The molecule has 0 bridgehead atoms. The fraction of sp³-hybridized carbons (Fsp3) is 0. The van der Waals surface area contributed by atoms with Crippen LogP contribution in [0.15, 0.2) is 327 Å². The van der Waals surface area contributed by atoms with Gasteiger partial charge in [-0.25, -0.2) is 0 Å². The van der Waals surface area contributed by atoms with E-state index in [0.29, 0.717) is 32.9 Å². The van der Waals surface area contributed by atoms with Crippen molar-refractivity contribution >= 4 is 132 Å². The van der Waals surface area contributed by atoms with Gasteiger partial charge in [0, 0.05) is 0 Å². The summed E-state index contributed by atoms with van der Waals surface area (Å²) in [5.41, 5.74) is 5.20. The number of aromatic nitrogens is 6. The summed E-state index contributed by atoms with van der Waals surface area (Å²) >= 11 is -0.863. The zero-order chi connectivity index (χ0) is 78.5. The van der Waals surface area contributed by atoms with Crippen LogP contribution in [0.25, 0.3) is 194 Å². The monoisotopic (exact) mass is 1390 g/mol. The van der Waals surface area contributed by atoms with E-state index in [1.807, 2.05) is 84.9 Å². The molecule has 0 radical (unpaired) electrons. The van der Waals surface area contributed by atoms with Crippen LogP contribution in [0.4, 0.5) is 0 Å². The number of benzene rings is 16. The molecule has 16 aromatic carbocycles. The Balaban J connectivity index is 0.000000159. The summed E-state index contributed by atoms with van der Waals surface area (Å²) in [6.45, 7) is 0. The molecule has 0 spiro atoms. The minimum atomic E-state index is -0.994. The molecule has 8 heteroatoms. The van der Waals surface area contributed by atoms with Gasteiger partial charge < -0.3 is 0 Å². The molecule has 20 aromatic rings. The predicted octanol–water partition coefficient (Wildman–Crippen LogP) is 22.7. The first-order valence-corrected chi connectivity index (χ1v) is 35.0. The zero-order valence-electron chi connectivity index (χ0n) is 67.4. The van der Waals surface area contributed by atoms with Gasteiger partial charge in [-0.15, -0.1) is 0 Å². The molecule has 20 rings (SSSR count). The third kappa shape index (κ3) is 10.1. The molecule has 98 heavy (non-hydrogen) atoms. The van der Waals surface area contributed by atoms with Crippen molar-refractivity contribution in [1.29, 1.82) is 0 Å². The van der Waals surface area contributed by atoms with Gasteiger partial charge in [0.25, 0.3) is 0 Å². The van der Waals surface area contributed by atoms with Crippen molar-refractivity contribution in [2.75, 3.05) is 0 Å². The van der Waals surface area contributed by atoms with Crippen LogP contribution in [-0.4, -0.2) is 58.9 Å². The fourth-order valence-corrected chi connectivity index (χ4v) is 18.6. The zero-order valence-corrected chi connectivity index (χ0v) is 54.9. The van der Waals surface area contributed by atoms with Crippen molar-refractivity contribution in [2.24, 2.45) is 0 Å². The molecule has 0 aliphatic heterocycles. The van der Waals surface area contributed by atoms with Crippen LogP contribution in [0.1, 0.15) is 21.9 Å². The van der Waals surface area contributed by atoms with Crippen LogP contribution in [0.2, 0.25) is 0 Å². The fourth-order valence-electron chi connectivity index (χ4n) is 13.4. The van der Waals surface area contributed by atoms with E-state index in [2.05, 4.69) is 161 Å². The van der Waals surface area contributed by atoms with Gasteiger partial charge in [0.15, 0.2) is 0 Å². The summed E-state index contributed by atoms with van der Waals surface area (Å²) in [5, 5.41) is 16.4. The molecule has 0 fully saturated rings. The first kappa shape index (κ1) is 43.3. The second-order valence-corrected chi connectivity index (χ2v) is 27.9. The van der Waals surface area contributed by atoms with Gasteiger partial charge in [-0.2, -0.15) is 0 Å². The second-order valence-electron chi connectivity index (χ2n) is 23.6. The van der Waals surface area contributed by atoms with Crippen LogP contribution < -0.4 is 0 Å². The SMILES string of the molecule is [2H]c1c([2H])c([2H])c(-c2nc(-c3c([2H])c([2H])c([2H])c([2H])c3[2H])nc(-c3c([2H])c([2H])c([2H])c4c3[se]c3c(-c5ccc6c(ccc7c8ccccc8ccc67)c5)c([2H])c([2H])c([2H])c34)n2)c([2H])c1[2H].c1ccc(-c2nc(-c3ccccc3)nc(-c3cccc4[se]c5c(-c6ccc7c(ccc8c9ccccc9ccc78)c6)cccc5c34)n2)cc1. The minimum absolute atomic E-state index is 0.0311. The summed E-state index contributed by atoms with van der Waals surface area (Å²) in [7, 11) is 0. The Morgan fingerprint density at radius 2 is 0.612 bits per heavy atom. The first-order chi connectivity index (χ1) is 55.2. The van der Waals surface area contributed by atoms with Gasteiger partial charge in [-0.05, 0) is 0 Å². The van der Waals surface area contributed by atoms with E-state index in [0.717, 1.165) is 49.0 Å². The summed E-state index contributed by atoms with van der Waals surface area (Å²) in [4.78, 5) is 28.5. The average Bonchev–Trinajstić information content (AvgIpc) is 1.51. The van der Waals surface area contributed by atoms with Crippen molar-refractivity contribution in [3.05, 3.63) is 327 Å². The molecule has 456 valence electrons. The Morgan fingerprint density at radius 1 is 0.214 bits per heavy atom. The second kappa shape index (κ2) is 24.1. The van der Waals surface area contributed by atoms with Crippen molar-refractivity contribution in [2.45, 2.75) is 0 Å². The van der Waals surface area contributed by atoms with Crippen LogP contribution in [0, 0.1) is 0 Å². The summed E-state index contributed by atoms with van der Waals surface area (Å²) in [6.07, 6.45) is 0. The molecule has 0 saturated heterocycles. The van der Waals surface area contributed by atoms with Gasteiger partial charge in [-0.1, -0.05) is 0 Å². The molecule has 0 N–H and O–H groups in total. The molecule has 0 atom stereocenters. The predicted molar refractivity (Wildman–Crippen MR) is 412 cm³/mol. The Hall–Kier alpha value is -11.9. The Morgan fingerprint density at radius 3 is 1.16 bits per heavy atom. The molecule has 4 aromatic heterocycles. The van der Waals surface area contributed by atoms with Crippen LogP contribution in [-0.2, 0) is 0 Å². The number of rotatable bonds is 8. The Bertz CT molecular complexity index is 7390. The number of hydrogen-bond acceptors (Lipinski definition) is 6. The quantitative estimate of drug-likeness (QED) is 0.111. The van der Waals surface area contributed by atoms with Crippen LogP contribution in [0.5, 0.6) is 0 Å². The molecule has 0 saturated carbocycles. The molecule has 0 amide bonds. The van der Waals surface area contributed by atoms with Gasteiger partial charge >= 0.3 is 602 Å². The normalized spacial score (nSPS) is 14.0. The molecular weight excluding hydrogens is 1320 g/mol. The van der Waals surface area contributed by atoms with E-state index in [9.17, 15) is 5.48 Å².